The highest BCUT2D eigenvalue weighted by Crippen LogP contribution is 2.52. The van der Waals surface area contributed by atoms with Gasteiger partial charge in [0.15, 0.2) is 11.7 Å². The Bertz CT molecular complexity index is 3020. The number of hydrogen-bond donors (Lipinski definition) is 1. The van der Waals surface area contributed by atoms with Gasteiger partial charge in [-0.05, 0) is 67.6 Å². The van der Waals surface area contributed by atoms with Crippen molar-refractivity contribution < 1.29 is 0 Å². The maximum atomic E-state index is 8.88. The molecule has 1 aromatic heterocycles. The molecule has 1 heterocycles. The van der Waals surface area contributed by atoms with E-state index in [9.17, 15) is 0 Å². The Morgan fingerprint density at radius 3 is 1.93 bits per heavy atom. The van der Waals surface area contributed by atoms with Crippen molar-refractivity contribution in [2.75, 3.05) is 0 Å². The summed E-state index contributed by atoms with van der Waals surface area (Å²) >= 11 is 0. The highest BCUT2D eigenvalue weighted by molar-refractivity contribution is 6.20. The predicted molar refractivity (Wildman–Crippen MR) is 239 cm³/mol. The Kier molecular flexibility index (Phi) is 8.75. The third-order valence-corrected chi connectivity index (χ3v) is 11.2. The lowest BCUT2D eigenvalue weighted by Crippen LogP contribution is -2.14. The summed E-state index contributed by atoms with van der Waals surface area (Å²) in [7, 11) is 0. The number of aromatic nitrogens is 1. The van der Waals surface area contributed by atoms with Gasteiger partial charge in [-0.15, -0.1) is 0 Å². The van der Waals surface area contributed by atoms with Crippen LogP contribution in [0.1, 0.15) is 49.9 Å². The minimum atomic E-state index is -0.110. The van der Waals surface area contributed by atoms with E-state index in [0.717, 1.165) is 49.4 Å². The fourth-order valence-electron chi connectivity index (χ4n) is 8.46. The Hall–Kier alpha value is -6.91. The van der Waals surface area contributed by atoms with Crippen LogP contribution < -0.4 is 0 Å². The summed E-state index contributed by atoms with van der Waals surface area (Å²) in [5, 5.41) is 16.1. The number of hydrogen-bond acceptors (Lipinski definition) is 1. The average molecular weight is 723 g/mol. The molecule has 0 unspecified atom stereocenters. The molecule has 9 aromatic rings. The molecular weight excluding hydrogens is 681 g/mol. The van der Waals surface area contributed by atoms with Crippen LogP contribution in [0.2, 0.25) is 0 Å². The molecule has 1 aliphatic carbocycles. The first-order valence-electron chi connectivity index (χ1n) is 19.4. The summed E-state index contributed by atoms with van der Waals surface area (Å²) in [6.45, 7) is 8.68. The first kappa shape index (κ1) is 34.8. The SMILES string of the molecule is CC.CC1(C)c2ccc(-c3cccc4c5cc6ccccc6cc5n(C=NC(=NC(=N)c5ccccc5)c5ccccc5)c34)cc2-c2c1ccc1ccccc21. The van der Waals surface area contributed by atoms with Crippen LogP contribution in [0.4, 0.5) is 0 Å². The van der Waals surface area contributed by atoms with Gasteiger partial charge in [-0.25, -0.2) is 9.98 Å². The summed E-state index contributed by atoms with van der Waals surface area (Å²) in [6.07, 6.45) is 1.90. The van der Waals surface area contributed by atoms with Crippen LogP contribution in [0.5, 0.6) is 0 Å². The highest BCUT2D eigenvalue weighted by Gasteiger charge is 2.36. The summed E-state index contributed by atoms with van der Waals surface area (Å²) in [5.41, 5.74) is 11.2. The van der Waals surface area contributed by atoms with Crippen molar-refractivity contribution in [1.29, 1.82) is 5.41 Å². The van der Waals surface area contributed by atoms with Crippen molar-refractivity contribution in [2.45, 2.75) is 33.1 Å². The molecule has 0 aliphatic heterocycles. The number of para-hydroxylation sites is 1. The van der Waals surface area contributed by atoms with Crippen molar-refractivity contribution in [2.24, 2.45) is 9.98 Å². The fraction of sp³-hybridized carbons (Fsp3) is 0.0962. The van der Waals surface area contributed by atoms with Crippen molar-refractivity contribution in [3.63, 3.8) is 0 Å². The monoisotopic (exact) mass is 722 g/mol. The molecule has 0 radical (unpaired) electrons. The van der Waals surface area contributed by atoms with E-state index in [2.05, 4.69) is 128 Å². The van der Waals surface area contributed by atoms with Crippen LogP contribution in [0.25, 0.3) is 65.6 Å². The molecule has 0 atom stereocenters. The minimum absolute atomic E-state index is 0.110. The van der Waals surface area contributed by atoms with E-state index in [4.69, 9.17) is 15.4 Å². The zero-order valence-corrected chi connectivity index (χ0v) is 32.1. The smallest absolute Gasteiger partial charge is 0.163 e. The van der Waals surface area contributed by atoms with E-state index in [1.807, 2.05) is 80.8 Å². The third kappa shape index (κ3) is 5.73. The quantitative estimate of drug-likeness (QED) is 0.139. The van der Waals surface area contributed by atoms with Gasteiger partial charge >= 0.3 is 0 Å². The van der Waals surface area contributed by atoms with Crippen LogP contribution in [-0.2, 0) is 5.41 Å². The molecule has 0 spiro atoms. The normalized spacial score (nSPS) is 13.2. The highest BCUT2D eigenvalue weighted by atomic mass is 15.1. The lowest BCUT2D eigenvalue weighted by atomic mass is 9.82. The predicted octanol–water partition coefficient (Wildman–Crippen LogP) is 13.4. The average Bonchev–Trinajstić information content (AvgIpc) is 3.69. The van der Waals surface area contributed by atoms with E-state index in [-0.39, 0.29) is 11.3 Å². The molecule has 4 heteroatoms. The van der Waals surface area contributed by atoms with Crippen molar-refractivity contribution in [3.05, 3.63) is 192 Å². The van der Waals surface area contributed by atoms with Crippen LogP contribution in [-0.4, -0.2) is 22.6 Å². The molecule has 0 amide bonds. The Morgan fingerprint density at radius 1 is 0.554 bits per heavy atom. The van der Waals surface area contributed by atoms with Crippen LogP contribution in [0, 0.1) is 5.41 Å². The van der Waals surface area contributed by atoms with Gasteiger partial charge in [0.05, 0.1) is 11.0 Å². The van der Waals surface area contributed by atoms with Gasteiger partial charge in [0.25, 0.3) is 0 Å². The summed E-state index contributed by atoms with van der Waals surface area (Å²) in [4.78, 5) is 9.90. The van der Waals surface area contributed by atoms with Gasteiger partial charge in [-0.3, -0.25) is 9.98 Å². The van der Waals surface area contributed by atoms with Gasteiger partial charge in [0, 0.05) is 32.9 Å². The second kappa shape index (κ2) is 14.1. The molecule has 1 aliphatic rings. The Labute approximate surface area is 327 Å². The Balaban J connectivity index is 0.00000202. The van der Waals surface area contributed by atoms with Crippen LogP contribution in [0.3, 0.4) is 0 Å². The number of nitrogens with zero attached hydrogens (tertiary/aromatic N) is 3. The molecule has 0 fully saturated rings. The molecule has 0 saturated heterocycles. The van der Waals surface area contributed by atoms with E-state index in [1.165, 1.54) is 38.4 Å². The first-order valence-corrected chi connectivity index (χ1v) is 19.4. The van der Waals surface area contributed by atoms with Crippen LogP contribution in [0.15, 0.2) is 180 Å². The van der Waals surface area contributed by atoms with Crippen molar-refractivity contribution >= 4 is 61.4 Å². The fourth-order valence-corrected chi connectivity index (χ4v) is 8.46. The number of fused-ring (bicyclic) bond motifs is 9. The van der Waals surface area contributed by atoms with Gasteiger partial charge in [-0.2, -0.15) is 0 Å². The molecule has 8 aromatic carbocycles. The summed E-state index contributed by atoms with van der Waals surface area (Å²) in [6, 6.07) is 59.6. The summed E-state index contributed by atoms with van der Waals surface area (Å²) in [5.74, 6) is 0.635. The van der Waals surface area contributed by atoms with Crippen LogP contribution >= 0.6 is 0 Å². The molecule has 56 heavy (non-hydrogen) atoms. The maximum Gasteiger partial charge on any atom is 0.163 e. The van der Waals surface area contributed by atoms with E-state index >= 15 is 0 Å². The van der Waals surface area contributed by atoms with Crippen molar-refractivity contribution in [3.8, 4) is 22.3 Å². The lowest BCUT2D eigenvalue weighted by molar-refractivity contribution is 0.661. The maximum absolute atomic E-state index is 8.88. The molecular formula is C52H42N4. The number of benzene rings is 8. The Morgan fingerprint density at radius 2 is 1.18 bits per heavy atom. The molecule has 1 N–H and O–H groups in total. The van der Waals surface area contributed by atoms with E-state index in [0.29, 0.717) is 5.84 Å². The second-order valence-corrected chi connectivity index (χ2v) is 14.6. The topological polar surface area (TPSA) is 53.5 Å². The number of rotatable bonds is 4. The zero-order valence-electron chi connectivity index (χ0n) is 32.1. The molecule has 0 bridgehead atoms. The number of aliphatic imine (C=N–C) groups is 2. The lowest BCUT2D eigenvalue weighted by Gasteiger charge is -2.21. The number of nitrogens with one attached hydrogen (secondary N) is 1. The molecule has 270 valence electrons. The first-order chi connectivity index (χ1) is 27.5. The minimum Gasteiger partial charge on any atom is -0.299 e. The van der Waals surface area contributed by atoms with Crippen molar-refractivity contribution in [1.82, 2.24) is 4.57 Å². The molecule has 0 saturated carbocycles. The van der Waals surface area contributed by atoms with Gasteiger partial charge < -0.3 is 0 Å². The molecule has 10 rings (SSSR count). The number of amidine groups is 2. The van der Waals surface area contributed by atoms with Gasteiger partial charge in [0.1, 0.15) is 6.34 Å². The van der Waals surface area contributed by atoms with E-state index < -0.39 is 0 Å². The summed E-state index contributed by atoms with van der Waals surface area (Å²) < 4.78 is 2.22. The van der Waals surface area contributed by atoms with Gasteiger partial charge in [0.2, 0.25) is 0 Å². The van der Waals surface area contributed by atoms with Gasteiger partial charge in [-0.1, -0.05) is 179 Å². The molecule has 4 nitrogen and oxygen atoms in total. The largest absolute Gasteiger partial charge is 0.299 e. The second-order valence-electron chi connectivity index (χ2n) is 14.6. The third-order valence-electron chi connectivity index (χ3n) is 11.2. The van der Waals surface area contributed by atoms with E-state index in [1.54, 1.807) is 0 Å². The standard InChI is InChI=1S/C50H36N4.C2H6/c1-50(2)43-26-25-37(29-42(43)46-38-21-12-11-14-32(38)24-27-44(46)50)39-22-13-23-40-41-28-35-19-9-10-20-36(35)30-45(41)54(47(39)40)31-52-49(34-17-7-4-8-18-34)53-48(51)33-15-5-3-6-16-33;1-2/h3-31,51H,1-2H3;1-2H3. The zero-order chi connectivity index (χ0) is 38.4.